The molecule has 2 heterocycles. The molecule has 0 aromatic carbocycles. The fraction of sp³-hybridized carbons (Fsp3) is 0.778. The predicted molar refractivity (Wildman–Crippen MR) is 89.5 cm³/mol. The van der Waals surface area contributed by atoms with E-state index in [2.05, 4.69) is 32.8 Å². The number of nitrogens with zero attached hydrogens (tertiary/aromatic N) is 3. The third kappa shape index (κ3) is 3.16. The Hall–Kier alpha value is -1.36. The maximum atomic E-state index is 13.0. The SMILES string of the molecule is CC1CCCN(C(=O)c2cc(C3CC3)n(C(C)(C)C)n2)C1CO. The molecule has 2 fully saturated rings. The molecule has 5 heteroatoms. The van der Waals surface area contributed by atoms with E-state index in [1.54, 1.807) is 0 Å². The average Bonchev–Trinajstić information content (AvgIpc) is 3.23. The monoisotopic (exact) mass is 319 g/mol. The van der Waals surface area contributed by atoms with Gasteiger partial charge in [0, 0.05) is 18.2 Å². The van der Waals surface area contributed by atoms with Crippen molar-refractivity contribution in [1.82, 2.24) is 14.7 Å². The lowest BCUT2D eigenvalue weighted by Crippen LogP contribution is -2.49. The van der Waals surface area contributed by atoms with Crippen molar-refractivity contribution in [3.05, 3.63) is 17.5 Å². The number of hydrogen-bond donors (Lipinski definition) is 1. The molecule has 2 unspecified atom stereocenters. The van der Waals surface area contributed by atoms with E-state index >= 15 is 0 Å². The standard InChI is InChI=1S/C18H29N3O2/c1-12-6-5-9-20(16(12)11-22)17(23)14-10-15(13-7-8-13)21(19-14)18(2,3)4/h10,12-13,16,22H,5-9,11H2,1-4H3. The van der Waals surface area contributed by atoms with E-state index in [0.717, 1.165) is 19.4 Å². The van der Waals surface area contributed by atoms with E-state index in [1.807, 2.05) is 15.6 Å². The van der Waals surface area contributed by atoms with E-state index in [1.165, 1.54) is 18.5 Å². The van der Waals surface area contributed by atoms with Crippen LogP contribution in [0.3, 0.4) is 0 Å². The van der Waals surface area contributed by atoms with E-state index < -0.39 is 0 Å². The molecular formula is C18H29N3O2. The van der Waals surface area contributed by atoms with Crippen LogP contribution in [-0.4, -0.2) is 44.9 Å². The Morgan fingerprint density at radius 1 is 1.35 bits per heavy atom. The maximum Gasteiger partial charge on any atom is 0.274 e. The molecule has 0 spiro atoms. The van der Waals surface area contributed by atoms with Crippen LogP contribution in [0, 0.1) is 5.92 Å². The van der Waals surface area contributed by atoms with Gasteiger partial charge >= 0.3 is 0 Å². The summed E-state index contributed by atoms with van der Waals surface area (Å²) in [5, 5.41) is 14.4. The number of aliphatic hydroxyl groups is 1. The lowest BCUT2D eigenvalue weighted by molar-refractivity contribution is 0.0352. The van der Waals surface area contributed by atoms with Gasteiger partial charge in [-0.05, 0) is 58.4 Å². The van der Waals surface area contributed by atoms with E-state index in [9.17, 15) is 9.90 Å². The Bertz CT molecular complexity index is 584. The summed E-state index contributed by atoms with van der Waals surface area (Å²) in [6.45, 7) is 9.24. The van der Waals surface area contributed by atoms with Crippen molar-refractivity contribution in [2.75, 3.05) is 13.2 Å². The Balaban J connectivity index is 1.90. The molecule has 2 aliphatic rings. The zero-order chi connectivity index (χ0) is 16.8. The number of carbonyl (C=O) groups excluding carboxylic acids is 1. The van der Waals surface area contributed by atoms with Crippen molar-refractivity contribution >= 4 is 5.91 Å². The molecule has 3 rings (SSSR count). The second-order valence-corrected chi connectivity index (χ2v) is 8.18. The summed E-state index contributed by atoms with van der Waals surface area (Å²) in [5.41, 5.74) is 1.60. The minimum atomic E-state index is -0.123. The van der Waals surface area contributed by atoms with Gasteiger partial charge in [-0.3, -0.25) is 9.48 Å². The highest BCUT2D eigenvalue weighted by molar-refractivity contribution is 5.92. The highest BCUT2D eigenvalue weighted by atomic mass is 16.3. The molecular weight excluding hydrogens is 290 g/mol. The number of amides is 1. The van der Waals surface area contributed by atoms with E-state index in [0.29, 0.717) is 17.5 Å². The van der Waals surface area contributed by atoms with Gasteiger partial charge in [-0.15, -0.1) is 0 Å². The summed E-state index contributed by atoms with van der Waals surface area (Å²) in [6.07, 6.45) is 4.45. The van der Waals surface area contributed by atoms with Crippen LogP contribution >= 0.6 is 0 Å². The molecule has 1 aliphatic carbocycles. The Kier molecular flexibility index (Phi) is 4.25. The predicted octanol–water partition coefficient (Wildman–Crippen LogP) is 2.75. The van der Waals surface area contributed by atoms with Gasteiger partial charge in [0.1, 0.15) is 0 Å². The van der Waals surface area contributed by atoms with E-state index in [-0.39, 0.29) is 24.1 Å². The summed E-state index contributed by atoms with van der Waals surface area (Å²) < 4.78 is 2.03. The first-order valence-electron chi connectivity index (χ1n) is 8.85. The molecule has 1 aromatic rings. The lowest BCUT2D eigenvalue weighted by Gasteiger charge is -2.38. The average molecular weight is 319 g/mol. The zero-order valence-electron chi connectivity index (χ0n) is 14.7. The summed E-state index contributed by atoms with van der Waals surface area (Å²) in [4.78, 5) is 14.8. The van der Waals surface area contributed by atoms with Crippen LogP contribution in [0.4, 0.5) is 0 Å². The van der Waals surface area contributed by atoms with Crippen LogP contribution in [0.15, 0.2) is 6.07 Å². The van der Waals surface area contributed by atoms with Crippen molar-refractivity contribution in [3.8, 4) is 0 Å². The second-order valence-electron chi connectivity index (χ2n) is 8.18. The van der Waals surface area contributed by atoms with Crippen LogP contribution in [-0.2, 0) is 5.54 Å². The minimum absolute atomic E-state index is 0.0273. The number of aromatic nitrogens is 2. The second kappa shape index (κ2) is 5.93. The third-order valence-electron chi connectivity index (χ3n) is 5.15. The minimum Gasteiger partial charge on any atom is -0.394 e. The summed E-state index contributed by atoms with van der Waals surface area (Å²) in [7, 11) is 0. The summed E-state index contributed by atoms with van der Waals surface area (Å²) in [5.74, 6) is 0.864. The first-order valence-corrected chi connectivity index (χ1v) is 8.85. The fourth-order valence-electron chi connectivity index (χ4n) is 3.63. The zero-order valence-corrected chi connectivity index (χ0v) is 14.7. The van der Waals surface area contributed by atoms with Gasteiger partial charge in [0.05, 0.1) is 18.2 Å². The van der Waals surface area contributed by atoms with Gasteiger partial charge in [-0.2, -0.15) is 5.10 Å². The molecule has 5 nitrogen and oxygen atoms in total. The van der Waals surface area contributed by atoms with Crippen molar-refractivity contribution in [3.63, 3.8) is 0 Å². The van der Waals surface area contributed by atoms with Crippen molar-refractivity contribution < 1.29 is 9.90 Å². The molecule has 1 aliphatic heterocycles. The van der Waals surface area contributed by atoms with Gasteiger partial charge in [-0.1, -0.05) is 6.92 Å². The summed E-state index contributed by atoms with van der Waals surface area (Å²) in [6, 6.07) is 1.90. The normalized spacial score (nSPS) is 25.7. The van der Waals surface area contributed by atoms with Crippen molar-refractivity contribution in [2.24, 2.45) is 5.92 Å². The molecule has 0 radical (unpaired) electrons. The van der Waals surface area contributed by atoms with Crippen molar-refractivity contribution in [2.45, 2.75) is 70.9 Å². The summed E-state index contributed by atoms with van der Waals surface area (Å²) >= 11 is 0. The number of hydrogen-bond acceptors (Lipinski definition) is 3. The Labute approximate surface area is 138 Å². The third-order valence-corrected chi connectivity index (χ3v) is 5.15. The van der Waals surface area contributed by atoms with Gasteiger partial charge in [0.15, 0.2) is 5.69 Å². The molecule has 1 N–H and O–H groups in total. The smallest absolute Gasteiger partial charge is 0.274 e. The quantitative estimate of drug-likeness (QED) is 0.932. The number of piperidine rings is 1. The molecule has 1 saturated carbocycles. The van der Waals surface area contributed by atoms with Gasteiger partial charge in [0.2, 0.25) is 0 Å². The highest BCUT2D eigenvalue weighted by Crippen LogP contribution is 2.42. The van der Waals surface area contributed by atoms with Gasteiger partial charge < -0.3 is 10.0 Å². The molecule has 0 bridgehead atoms. The van der Waals surface area contributed by atoms with Crippen LogP contribution in [0.2, 0.25) is 0 Å². The molecule has 1 saturated heterocycles. The Morgan fingerprint density at radius 3 is 2.61 bits per heavy atom. The largest absolute Gasteiger partial charge is 0.394 e. The number of likely N-dealkylation sites (tertiary alicyclic amines) is 1. The number of rotatable bonds is 3. The van der Waals surface area contributed by atoms with Crippen LogP contribution in [0.5, 0.6) is 0 Å². The van der Waals surface area contributed by atoms with Crippen LogP contribution < -0.4 is 0 Å². The van der Waals surface area contributed by atoms with Crippen LogP contribution in [0.25, 0.3) is 0 Å². The maximum absolute atomic E-state index is 13.0. The van der Waals surface area contributed by atoms with Gasteiger partial charge in [-0.25, -0.2) is 0 Å². The van der Waals surface area contributed by atoms with E-state index in [4.69, 9.17) is 0 Å². The molecule has 1 amide bonds. The first kappa shape index (κ1) is 16.5. The molecule has 1 aromatic heterocycles. The van der Waals surface area contributed by atoms with Gasteiger partial charge in [0.25, 0.3) is 5.91 Å². The highest BCUT2D eigenvalue weighted by Gasteiger charge is 2.36. The molecule has 23 heavy (non-hydrogen) atoms. The Morgan fingerprint density at radius 2 is 2.04 bits per heavy atom. The first-order chi connectivity index (χ1) is 10.8. The molecule has 128 valence electrons. The number of aliphatic hydroxyl groups excluding tert-OH is 1. The van der Waals surface area contributed by atoms with Crippen molar-refractivity contribution in [1.29, 1.82) is 0 Å². The topological polar surface area (TPSA) is 58.4 Å². The number of carbonyl (C=O) groups is 1. The fourth-order valence-corrected chi connectivity index (χ4v) is 3.63. The van der Waals surface area contributed by atoms with Crippen LogP contribution in [0.1, 0.15) is 75.5 Å². The molecule has 2 atom stereocenters. The lowest BCUT2D eigenvalue weighted by atomic mass is 9.91.